The summed E-state index contributed by atoms with van der Waals surface area (Å²) in [5.74, 6) is -0.445. The van der Waals surface area contributed by atoms with Gasteiger partial charge in [-0.25, -0.2) is 22.2 Å². The van der Waals surface area contributed by atoms with Gasteiger partial charge in [0.15, 0.2) is 6.61 Å². The maximum Gasteiger partial charge on any atom is 1.00 e. The summed E-state index contributed by atoms with van der Waals surface area (Å²) in [7, 11) is -4.52. The van der Waals surface area contributed by atoms with Gasteiger partial charge in [-0.3, -0.25) is 9.19 Å². The summed E-state index contributed by atoms with van der Waals surface area (Å²) in [4.78, 5) is 19.4. The fourth-order valence-electron chi connectivity index (χ4n) is 3.75. The predicted molar refractivity (Wildman–Crippen MR) is 144 cm³/mol. The molecule has 1 atom stereocenters. The SMILES string of the molecule is COCCCOc1ccnc(CS(=O)c2nc3ccccc3n2S(=O)(=O)c2ccc(OCC(=O)O)cc2)c1C.[H-].[Na+]. The standard InChI is InChI=1S/C26H27N3O8S2.Na.H/c1-18-22(27-13-12-24(18)36-15-5-14-35-2)17-38(32)26-28-21-6-3-4-7-23(21)29(26)39(33,34)20-10-8-19(9-11-20)37-16-25(30)31;;/h3-4,6-13H,5,14-17H2,1-2H3,(H,30,31);;/q;+1;-1. The Balaban J connectivity index is 0.00000294. The van der Waals surface area contributed by atoms with Gasteiger partial charge in [-0.2, -0.15) is 0 Å². The number of fused-ring (bicyclic) bond motifs is 1. The van der Waals surface area contributed by atoms with Crippen LogP contribution in [0.3, 0.4) is 0 Å². The molecule has 2 aromatic heterocycles. The van der Waals surface area contributed by atoms with Crippen LogP contribution in [0.25, 0.3) is 11.0 Å². The molecule has 0 aliphatic heterocycles. The number of hydrogen-bond acceptors (Lipinski definition) is 9. The minimum absolute atomic E-state index is 0. The van der Waals surface area contributed by atoms with Gasteiger partial charge in [-0.05, 0) is 49.4 Å². The van der Waals surface area contributed by atoms with E-state index in [1.54, 1.807) is 50.6 Å². The van der Waals surface area contributed by atoms with Crippen LogP contribution in [0.2, 0.25) is 0 Å². The first-order chi connectivity index (χ1) is 18.7. The number of benzene rings is 2. The van der Waals surface area contributed by atoms with Gasteiger partial charge < -0.3 is 20.7 Å². The smallest absolute Gasteiger partial charge is 1.00 e. The number of hydrogen-bond donors (Lipinski definition) is 1. The zero-order chi connectivity index (χ0) is 28.0. The van der Waals surface area contributed by atoms with E-state index in [1.165, 1.54) is 24.3 Å². The van der Waals surface area contributed by atoms with Gasteiger partial charge in [0, 0.05) is 31.9 Å². The molecule has 0 amide bonds. The molecule has 0 radical (unpaired) electrons. The number of para-hydroxylation sites is 2. The number of aromatic nitrogens is 3. The number of carboxylic acid groups (broad SMARTS) is 1. The zero-order valence-electron chi connectivity index (χ0n) is 23.3. The maximum absolute atomic E-state index is 13.8. The summed E-state index contributed by atoms with van der Waals surface area (Å²) in [6.07, 6.45) is 2.26. The van der Waals surface area contributed by atoms with E-state index in [1.807, 2.05) is 0 Å². The Morgan fingerprint density at radius 1 is 1.07 bits per heavy atom. The Bertz CT molecular complexity index is 1620. The Morgan fingerprint density at radius 2 is 1.80 bits per heavy atom. The zero-order valence-corrected chi connectivity index (χ0v) is 25.9. The molecule has 0 spiro atoms. The maximum atomic E-state index is 13.8. The fourth-order valence-corrected chi connectivity index (χ4v) is 6.80. The van der Waals surface area contributed by atoms with Crippen molar-refractivity contribution in [1.82, 2.24) is 13.9 Å². The van der Waals surface area contributed by atoms with Crippen molar-refractivity contribution in [2.24, 2.45) is 0 Å². The van der Waals surface area contributed by atoms with Crippen molar-refractivity contribution >= 4 is 37.8 Å². The molecule has 14 heteroatoms. The Morgan fingerprint density at radius 3 is 2.50 bits per heavy atom. The molecule has 1 unspecified atom stereocenters. The minimum Gasteiger partial charge on any atom is -1.00 e. The second-order valence-corrected chi connectivity index (χ2v) is 11.5. The summed E-state index contributed by atoms with van der Waals surface area (Å²) >= 11 is 0. The van der Waals surface area contributed by atoms with E-state index in [9.17, 15) is 17.4 Å². The molecule has 4 aromatic rings. The third-order valence-corrected chi connectivity index (χ3v) is 8.75. The number of carbonyl (C=O) groups is 1. The van der Waals surface area contributed by atoms with E-state index in [4.69, 9.17) is 19.3 Å². The van der Waals surface area contributed by atoms with Gasteiger partial charge in [-0.15, -0.1) is 0 Å². The topological polar surface area (TPSA) is 147 Å². The second-order valence-electron chi connectivity index (χ2n) is 8.37. The monoisotopic (exact) mass is 597 g/mol. The largest absolute Gasteiger partial charge is 1.00 e. The van der Waals surface area contributed by atoms with Crippen molar-refractivity contribution in [1.29, 1.82) is 0 Å². The average molecular weight is 598 g/mol. The number of ether oxygens (including phenoxy) is 3. The van der Waals surface area contributed by atoms with E-state index in [0.29, 0.717) is 42.2 Å². The molecule has 0 bridgehead atoms. The van der Waals surface area contributed by atoms with E-state index in [-0.39, 0.29) is 58.1 Å². The number of rotatable bonds is 13. The first-order valence-electron chi connectivity index (χ1n) is 11.8. The summed E-state index contributed by atoms with van der Waals surface area (Å²) in [5, 5.41) is 8.64. The number of imidazole rings is 1. The van der Waals surface area contributed by atoms with Crippen molar-refractivity contribution in [2.45, 2.75) is 29.1 Å². The number of nitrogens with zero attached hydrogens (tertiary/aromatic N) is 3. The van der Waals surface area contributed by atoms with E-state index < -0.39 is 33.4 Å². The number of aliphatic carboxylic acids is 1. The summed E-state index contributed by atoms with van der Waals surface area (Å²) in [6, 6.07) is 13.6. The van der Waals surface area contributed by atoms with Crippen molar-refractivity contribution in [2.75, 3.05) is 26.9 Å². The van der Waals surface area contributed by atoms with Crippen molar-refractivity contribution in [3.8, 4) is 11.5 Å². The molecule has 2 aromatic carbocycles. The van der Waals surface area contributed by atoms with Crippen LogP contribution in [0.4, 0.5) is 0 Å². The first kappa shape index (κ1) is 31.7. The average Bonchev–Trinajstić information content (AvgIpc) is 3.33. The quantitative estimate of drug-likeness (QED) is 0.168. The Labute approximate surface area is 257 Å². The van der Waals surface area contributed by atoms with Gasteiger partial charge in [0.25, 0.3) is 10.0 Å². The van der Waals surface area contributed by atoms with Crippen molar-refractivity contribution in [3.63, 3.8) is 0 Å². The van der Waals surface area contributed by atoms with Crippen LogP contribution in [0.15, 0.2) is 70.8 Å². The predicted octanol–water partition coefficient (Wildman–Crippen LogP) is 0.280. The molecule has 11 nitrogen and oxygen atoms in total. The van der Waals surface area contributed by atoms with Crippen LogP contribution >= 0.6 is 0 Å². The molecule has 1 N–H and O–H groups in total. The summed E-state index contributed by atoms with van der Waals surface area (Å²) in [6.45, 7) is 2.24. The van der Waals surface area contributed by atoms with Crippen molar-refractivity contribution < 1.29 is 67.7 Å². The molecule has 4 rings (SSSR count). The van der Waals surface area contributed by atoms with Crippen molar-refractivity contribution in [3.05, 3.63) is 72.1 Å². The summed E-state index contributed by atoms with van der Waals surface area (Å²) < 4.78 is 58.1. The molecular weight excluding hydrogens is 569 g/mol. The van der Waals surface area contributed by atoms with Crippen LogP contribution < -0.4 is 39.0 Å². The number of carboxylic acids is 1. The minimum atomic E-state index is -4.24. The van der Waals surface area contributed by atoms with Gasteiger partial charge >= 0.3 is 35.5 Å². The molecule has 2 heterocycles. The number of pyridine rings is 1. The molecular formula is C26H28N3NaO8S2. The second kappa shape index (κ2) is 14.2. The van der Waals surface area contributed by atoms with Crippen LogP contribution in [0.5, 0.6) is 11.5 Å². The first-order valence-corrected chi connectivity index (χ1v) is 14.6. The van der Waals surface area contributed by atoms with Gasteiger partial charge in [-0.1, -0.05) is 12.1 Å². The third kappa shape index (κ3) is 7.28. The van der Waals surface area contributed by atoms with Gasteiger partial charge in [0.2, 0.25) is 5.16 Å². The van der Waals surface area contributed by atoms with Gasteiger partial charge in [0.1, 0.15) is 11.5 Å². The van der Waals surface area contributed by atoms with Crippen LogP contribution in [0, 0.1) is 6.92 Å². The molecule has 208 valence electrons. The van der Waals surface area contributed by atoms with Gasteiger partial charge in [0.05, 0.1) is 44.8 Å². The molecule has 0 saturated heterocycles. The fraction of sp³-hybridized carbons (Fsp3) is 0.269. The molecule has 0 fully saturated rings. The van der Waals surface area contributed by atoms with E-state index in [0.717, 1.165) is 3.97 Å². The Hall–Kier alpha value is -2.81. The number of methoxy groups -OCH3 is 1. The van der Waals surface area contributed by atoms with E-state index >= 15 is 0 Å². The van der Waals surface area contributed by atoms with Crippen LogP contribution in [-0.2, 0) is 36.1 Å². The third-order valence-electron chi connectivity index (χ3n) is 5.70. The molecule has 0 aliphatic rings. The Kier molecular flexibility index (Phi) is 11.3. The normalized spacial score (nSPS) is 12.1. The molecule has 40 heavy (non-hydrogen) atoms. The van der Waals surface area contributed by atoms with Crippen LogP contribution in [-0.4, -0.2) is 64.6 Å². The van der Waals surface area contributed by atoms with E-state index in [2.05, 4.69) is 9.97 Å². The summed E-state index contributed by atoms with van der Waals surface area (Å²) in [5.41, 5.74) is 1.83. The molecule has 0 saturated carbocycles. The molecule has 0 aliphatic carbocycles. The van der Waals surface area contributed by atoms with Crippen LogP contribution in [0.1, 0.15) is 19.1 Å².